The van der Waals surface area contributed by atoms with Crippen molar-refractivity contribution in [2.45, 2.75) is 12.0 Å². The molecule has 1 atom stereocenters. The Morgan fingerprint density at radius 1 is 1.62 bits per heavy atom. The van der Waals surface area contributed by atoms with Gasteiger partial charge in [-0.05, 0) is 12.1 Å². The molecule has 1 amide bonds. The molecule has 4 nitrogen and oxygen atoms in total. The fourth-order valence-electron chi connectivity index (χ4n) is 1.70. The Balaban J connectivity index is 2.13. The average Bonchev–Trinajstić information content (AvgIpc) is 2.39. The Morgan fingerprint density at radius 2 is 2.50 bits per heavy atom. The molecular weight excluding hydrogens is 228 g/mol. The molecule has 0 aromatic carbocycles. The van der Waals surface area contributed by atoms with E-state index in [1.54, 1.807) is 4.90 Å². The molecule has 5 heteroatoms. The summed E-state index contributed by atoms with van der Waals surface area (Å²) in [6.07, 6.45) is 0.711. The molecule has 2 rings (SSSR count). The number of hydrogen-bond donors (Lipinski definition) is 0. The number of alkyl halides is 1. The molecule has 2 heterocycles. The van der Waals surface area contributed by atoms with Crippen molar-refractivity contribution >= 4 is 18.0 Å². The minimum Gasteiger partial charge on any atom is -0.368 e. The van der Waals surface area contributed by atoms with E-state index in [9.17, 15) is 4.79 Å². The van der Waals surface area contributed by atoms with Crippen LogP contribution in [0.15, 0.2) is 18.2 Å². The monoisotopic (exact) mass is 240 g/mol. The third-order valence-electron chi connectivity index (χ3n) is 2.54. The van der Waals surface area contributed by atoms with E-state index in [4.69, 9.17) is 16.3 Å². The van der Waals surface area contributed by atoms with E-state index >= 15 is 0 Å². The molecule has 1 fully saturated rings. The molecule has 1 saturated heterocycles. The topological polar surface area (TPSA) is 42.4 Å². The number of rotatable bonds is 3. The molecule has 0 N–H and O–H groups in total. The molecule has 1 aromatic rings. The maximum Gasteiger partial charge on any atom is 0.209 e. The highest BCUT2D eigenvalue weighted by Crippen LogP contribution is 2.20. The van der Waals surface area contributed by atoms with Crippen LogP contribution in [-0.2, 0) is 15.4 Å². The number of ether oxygens (including phenoxy) is 1. The Kier molecular flexibility index (Phi) is 3.74. The molecule has 86 valence electrons. The Hall–Kier alpha value is -1.13. The van der Waals surface area contributed by atoms with Crippen LogP contribution in [0.5, 0.6) is 0 Å². The maximum absolute atomic E-state index is 10.7. The summed E-state index contributed by atoms with van der Waals surface area (Å²) in [6, 6.07) is 5.68. The van der Waals surface area contributed by atoms with Crippen LogP contribution in [0, 0.1) is 0 Å². The van der Waals surface area contributed by atoms with Gasteiger partial charge in [-0.1, -0.05) is 6.07 Å². The minimum atomic E-state index is -0.137. The van der Waals surface area contributed by atoms with Crippen molar-refractivity contribution in [3.63, 3.8) is 0 Å². The molecule has 0 radical (unpaired) electrons. The zero-order valence-electron chi connectivity index (χ0n) is 8.80. The lowest BCUT2D eigenvalue weighted by Crippen LogP contribution is -2.37. The normalized spacial score (nSPS) is 20.8. The Bertz CT molecular complexity index is 373. The van der Waals surface area contributed by atoms with Crippen molar-refractivity contribution in [1.29, 1.82) is 0 Å². The predicted molar refractivity (Wildman–Crippen MR) is 60.1 cm³/mol. The second kappa shape index (κ2) is 5.27. The largest absolute Gasteiger partial charge is 0.368 e. The zero-order chi connectivity index (χ0) is 11.4. The number of carbonyl (C=O) groups excluding carboxylic acids is 1. The number of hydrogen-bond acceptors (Lipinski definition) is 3. The Morgan fingerprint density at radius 3 is 3.25 bits per heavy atom. The fourth-order valence-corrected chi connectivity index (χ4v) is 1.84. The second-order valence-corrected chi connectivity index (χ2v) is 3.91. The van der Waals surface area contributed by atoms with Crippen LogP contribution in [0.4, 0.5) is 0 Å². The summed E-state index contributed by atoms with van der Waals surface area (Å²) in [4.78, 5) is 16.8. The van der Waals surface area contributed by atoms with E-state index in [0.29, 0.717) is 25.6 Å². The van der Waals surface area contributed by atoms with Gasteiger partial charge in [0.05, 0.1) is 30.4 Å². The lowest BCUT2D eigenvalue weighted by atomic mass is 10.2. The molecule has 0 spiro atoms. The summed E-state index contributed by atoms with van der Waals surface area (Å²) >= 11 is 5.72. The zero-order valence-corrected chi connectivity index (χ0v) is 9.56. The van der Waals surface area contributed by atoms with E-state index in [1.807, 2.05) is 18.2 Å². The van der Waals surface area contributed by atoms with Gasteiger partial charge in [0, 0.05) is 6.54 Å². The van der Waals surface area contributed by atoms with E-state index in [0.717, 1.165) is 17.8 Å². The molecule has 0 bridgehead atoms. The van der Waals surface area contributed by atoms with Gasteiger partial charge in [0.1, 0.15) is 6.10 Å². The van der Waals surface area contributed by atoms with Crippen molar-refractivity contribution in [1.82, 2.24) is 9.88 Å². The van der Waals surface area contributed by atoms with Gasteiger partial charge < -0.3 is 9.64 Å². The van der Waals surface area contributed by atoms with E-state index < -0.39 is 0 Å². The maximum atomic E-state index is 10.7. The van der Waals surface area contributed by atoms with E-state index in [2.05, 4.69) is 4.98 Å². The van der Waals surface area contributed by atoms with Gasteiger partial charge in [0.25, 0.3) is 0 Å². The molecule has 1 aliphatic heterocycles. The first-order valence-corrected chi connectivity index (χ1v) is 5.69. The average molecular weight is 241 g/mol. The van der Waals surface area contributed by atoms with Crippen LogP contribution in [0.2, 0.25) is 0 Å². The first-order chi connectivity index (χ1) is 7.83. The van der Waals surface area contributed by atoms with Crippen molar-refractivity contribution < 1.29 is 9.53 Å². The summed E-state index contributed by atoms with van der Waals surface area (Å²) in [5, 5.41) is 0. The molecule has 1 unspecified atom stereocenters. The van der Waals surface area contributed by atoms with Crippen LogP contribution in [0.3, 0.4) is 0 Å². The number of halogens is 1. The summed E-state index contributed by atoms with van der Waals surface area (Å²) in [6.45, 7) is 1.76. The number of amides is 1. The molecule has 16 heavy (non-hydrogen) atoms. The smallest absolute Gasteiger partial charge is 0.209 e. The van der Waals surface area contributed by atoms with Crippen molar-refractivity contribution in [3.05, 3.63) is 29.6 Å². The quantitative estimate of drug-likeness (QED) is 0.592. The number of aromatic nitrogens is 1. The number of morpholine rings is 1. The van der Waals surface area contributed by atoms with Gasteiger partial charge in [0.15, 0.2) is 0 Å². The van der Waals surface area contributed by atoms with E-state index in [-0.39, 0.29) is 6.10 Å². The number of carbonyl (C=O) groups is 1. The van der Waals surface area contributed by atoms with Gasteiger partial charge in [-0.15, -0.1) is 11.6 Å². The second-order valence-electron chi connectivity index (χ2n) is 3.65. The van der Waals surface area contributed by atoms with Crippen LogP contribution in [0.25, 0.3) is 0 Å². The Labute approximate surface area is 99.2 Å². The predicted octanol–water partition coefficient (Wildman–Crippen LogP) is 1.35. The van der Waals surface area contributed by atoms with Crippen molar-refractivity contribution in [2.24, 2.45) is 0 Å². The van der Waals surface area contributed by atoms with Gasteiger partial charge in [-0.25, -0.2) is 0 Å². The summed E-state index contributed by atoms with van der Waals surface area (Å²) in [7, 11) is 0. The lowest BCUT2D eigenvalue weighted by Gasteiger charge is -2.29. The number of pyridine rings is 1. The molecule has 1 aliphatic rings. The summed E-state index contributed by atoms with van der Waals surface area (Å²) < 4.78 is 5.59. The highest BCUT2D eigenvalue weighted by Gasteiger charge is 2.21. The number of nitrogens with zero attached hydrogens (tertiary/aromatic N) is 2. The fraction of sp³-hybridized carbons (Fsp3) is 0.455. The molecular formula is C11H13ClN2O2. The SMILES string of the molecule is O=CN1CCOC(c2cccc(CCl)n2)C1. The summed E-state index contributed by atoms with van der Waals surface area (Å²) in [5.41, 5.74) is 1.66. The highest BCUT2D eigenvalue weighted by molar-refractivity contribution is 6.16. The highest BCUT2D eigenvalue weighted by atomic mass is 35.5. The first-order valence-electron chi connectivity index (χ1n) is 5.16. The van der Waals surface area contributed by atoms with Crippen LogP contribution in [-0.4, -0.2) is 36.0 Å². The third kappa shape index (κ3) is 2.51. The van der Waals surface area contributed by atoms with Gasteiger partial charge in [-0.3, -0.25) is 9.78 Å². The molecule has 1 aromatic heterocycles. The van der Waals surface area contributed by atoms with Crippen LogP contribution >= 0.6 is 11.6 Å². The first kappa shape index (κ1) is 11.4. The standard InChI is InChI=1S/C11H13ClN2O2/c12-6-9-2-1-3-10(13-9)11-7-14(8-15)4-5-16-11/h1-3,8,11H,4-7H2. The minimum absolute atomic E-state index is 0.137. The summed E-state index contributed by atoms with van der Waals surface area (Å²) in [5.74, 6) is 0.387. The van der Waals surface area contributed by atoms with Crippen molar-refractivity contribution in [2.75, 3.05) is 19.7 Å². The lowest BCUT2D eigenvalue weighted by molar-refractivity contribution is -0.125. The molecule has 0 saturated carbocycles. The van der Waals surface area contributed by atoms with Crippen LogP contribution < -0.4 is 0 Å². The van der Waals surface area contributed by atoms with E-state index in [1.165, 1.54) is 0 Å². The van der Waals surface area contributed by atoms with Gasteiger partial charge in [0.2, 0.25) is 6.41 Å². The van der Waals surface area contributed by atoms with Crippen molar-refractivity contribution in [3.8, 4) is 0 Å². The van der Waals surface area contributed by atoms with Gasteiger partial charge in [-0.2, -0.15) is 0 Å². The van der Waals surface area contributed by atoms with Gasteiger partial charge >= 0.3 is 0 Å². The van der Waals surface area contributed by atoms with Crippen LogP contribution in [0.1, 0.15) is 17.5 Å². The third-order valence-corrected chi connectivity index (χ3v) is 2.82. The molecule has 0 aliphatic carbocycles.